The molecule has 2 aliphatic heterocycles. The normalized spacial score (nSPS) is 34.7. The van der Waals surface area contributed by atoms with Crippen molar-refractivity contribution in [1.29, 1.82) is 0 Å². The summed E-state index contributed by atoms with van der Waals surface area (Å²) in [4.78, 5) is 2.75. The minimum absolute atomic E-state index is 0.607. The van der Waals surface area contributed by atoms with Gasteiger partial charge in [0.2, 0.25) is 0 Å². The van der Waals surface area contributed by atoms with Gasteiger partial charge in [0, 0.05) is 24.7 Å². The van der Waals surface area contributed by atoms with Crippen LogP contribution in [0.2, 0.25) is 0 Å². The van der Waals surface area contributed by atoms with E-state index in [0.29, 0.717) is 12.1 Å². The van der Waals surface area contributed by atoms with E-state index in [1.807, 2.05) is 0 Å². The number of nitrogens with one attached hydrogen (secondary N) is 1. The van der Waals surface area contributed by atoms with E-state index in [9.17, 15) is 0 Å². The summed E-state index contributed by atoms with van der Waals surface area (Å²) in [5, 5.41) is 3.74. The highest BCUT2D eigenvalue weighted by Crippen LogP contribution is 2.25. The molecule has 3 heteroatoms. The number of nitrogens with zero attached hydrogens (tertiary/aromatic N) is 1. The second kappa shape index (κ2) is 7.46. The van der Waals surface area contributed by atoms with E-state index in [1.54, 1.807) is 0 Å². The van der Waals surface area contributed by atoms with Crippen LogP contribution < -0.4 is 5.32 Å². The third-order valence-corrected chi connectivity index (χ3v) is 4.55. The van der Waals surface area contributed by atoms with E-state index in [-0.39, 0.29) is 0 Å². The van der Waals surface area contributed by atoms with Crippen LogP contribution in [-0.2, 0) is 4.74 Å². The van der Waals surface area contributed by atoms with Crippen LogP contribution in [0.5, 0.6) is 0 Å². The van der Waals surface area contributed by atoms with Crippen molar-refractivity contribution < 1.29 is 4.74 Å². The van der Waals surface area contributed by atoms with Gasteiger partial charge in [-0.05, 0) is 45.2 Å². The van der Waals surface area contributed by atoms with E-state index < -0.39 is 0 Å². The third-order valence-electron chi connectivity index (χ3n) is 4.55. The molecule has 18 heavy (non-hydrogen) atoms. The molecular weight excluding hydrogens is 224 g/mol. The van der Waals surface area contributed by atoms with E-state index in [1.165, 1.54) is 45.1 Å². The number of rotatable bonds is 5. The van der Waals surface area contributed by atoms with Gasteiger partial charge in [-0.2, -0.15) is 0 Å². The summed E-state index contributed by atoms with van der Waals surface area (Å²) in [5.41, 5.74) is 0. The maximum absolute atomic E-state index is 5.76. The Kier molecular flexibility index (Phi) is 5.93. The van der Waals surface area contributed by atoms with Crippen LogP contribution in [0.15, 0.2) is 0 Å². The fourth-order valence-corrected chi connectivity index (χ4v) is 3.52. The van der Waals surface area contributed by atoms with Crippen molar-refractivity contribution in [2.24, 2.45) is 0 Å². The average molecular weight is 254 g/mol. The molecule has 2 saturated heterocycles. The second-order valence-electron chi connectivity index (χ2n) is 5.79. The second-order valence-corrected chi connectivity index (χ2v) is 5.79. The third kappa shape index (κ3) is 3.46. The first-order valence-electron chi connectivity index (χ1n) is 7.93. The Labute approximate surface area is 112 Å². The first-order chi connectivity index (χ1) is 8.86. The molecule has 0 radical (unpaired) electrons. The zero-order chi connectivity index (χ0) is 12.8. The predicted molar refractivity (Wildman–Crippen MR) is 75.9 cm³/mol. The zero-order valence-corrected chi connectivity index (χ0v) is 12.2. The number of ether oxygens (including phenoxy) is 1. The summed E-state index contributed by atoms with van der Waals surface area (Å²) in [6.45, 7) is 8.86. The standard InChI is InChI=1S/C15H30N2O/c1-3-9-16-14-8-11-18-12-15(14)17-10-6-5-7-13(17)4-2/h13-16H,3-12H2,1-2H3. The van der Waals surface area contributed by atoms with E-state index >= 15 is 0 Å². The molecule has 3 nitrogen and oxygen atoms in total. The topological polar surface area (TPSA) is 24.5 Å². The Morgan fingerprint density at radius 2 is 2.11 bits per heavy atom. The van der Waals surface area contributed by atoms with E-state index in [2.05, 4.69) is 24.1 Å². The maximum Gasteiger partial charge on any atom is 0.0637 e. The number of hydrogen-bond acceptors (Lipinski definition) is 3. The first kappa shape index (κ1) is 14.3. The lowest BCUT2D eigenvalue weighted by Crippen LogP contribution is -2.59. The highest BCUT2D eigenvalue weighted by molar-refractivity contribution is 4.91. The molecule has 0 amide bonds. The Morgan fingerprint density at radius 3 is 2.89 bits per heavy atom. The molecule has 2 aliphatic rings. The molecule has 0 aromatic heterocycles. The smallest absolute Gasteiger partial charge is 0.0637 e. The van der Waals surface area contributed by atoms with Gasteiger partial charge in [0.25, 0.3) is 0 Å². The van der Waals surface area contributed by atoms with Crippen LogP contribution in [0.1, 0.15) is 52.4 Å². The number of piperidine rings is 1. The molecule has 0 spiro atoms. The zero-order valence-electron chi connectivity index (χ0n) is 12.2. The summed E-state index contributed by atoms with van der Waals surface area (Å²) >= 11 is 0. The van der Waals surface area contributed by atoms with Crippen LogP contribution in [0, 0.1) is 0 Å². The molecule has 0 bridgehead atoms. The molecule has 2 heterocycles. The van der Waals surface area contributed by atoms with Crippen molar-refractivity contribution in [3.63, 3.8) is 0 Å². The molecule has 0 aromatic rings. The molecule has 2 rings (SSSR count). The van der Waals surface area contributed by atoms with Gasteiger partial charge in [-0.3, -0.25) is 4.90 Å². The van der Waals surface area contributed by atoms with Crippen molar-refractivity contribution in [3.05, 3.63) is 0 Å². The van der Waals surface area contributed by atoms with Gasteiger partial charge in [-0.1, -0.05) is 20.3 Å². The highest BCUT2D eigenvalue weighted by Gasteiger charge is 2.34. The van der Waals surface area contributed by atoms with E-state index in [0.717, 1.165) is 25.8 Å². The minimum atomic E-state index is 0.607. The van der Waals surface area contributed by atoms with Crippen LogP contribution >= 0.6 is 0 Å². The van der Waals surface area contributed by atoms with Crippen LogP contribution in [-0.4, -0.2) is 49.3 Å². The van der Waals surface area contributed by atoms with Gasteiger partial charge in [0.05, 0.1) is 6.61 Å². The molecule has 3 unspecified atom stereocenters. The Hall–Kier alpha value is -0.120. The molecular formula is C15H30N2O. The van der Waals surface area contributed by atoms with Gasteiger partial charge in [-0.15, -0.1) is 0 Å². The first-order valence-corrected chi connectivity index (χ1v) is 7.93. The molecule has 3 atom stereocenters. The summed E-state index contributed by atoms with van der Waals surface area (Å²) in [6, 6.07) is 2.04. The largest absolute Gasteiger partial charge is 0.380 e. The van der Waals surface area contributed by atoms with Gasteiger partial charge in [-0.25, -0.2) is 0 Å². The summed E-state index contributed by atoms with van der Waals surface area (Å²) in [5.74, 6) is 0. The summed E-state index contributed by atoms with van der Waals surface area (Å²) in [7, 11) is 0. The molecule has 2 fully saturated rings. The maximum atomic E-state index is 5.76. The molecule has 106 valence electrons. The fraction of sp³-hybridized carbons (Fsp3) is 1.00. The molecule has 1 N–H and O–H groups in total. The van der Waals surface area contributed by atoms with Crippen molar-refractivity contribution in [2.75, 3.05) is 26.3 Å². The van der Waals surface area contributed by atoms with Crippen LogP contribution in [0.4, 0.5) is 0 Å². The van der Waals surface area contributed by atoms with E-state index in [4.69, 9.17) is 4.74 Å². The van der Waals surface area contributed by atoms with Gasteiger partial charge >= 0.3 is 0 Å². The molecule has 0 aromatic carbocycles. The lowest BCUT2D eigenvalue weighted by Gasteiger charge is -2.46. The minimum Gasteiger partial charge on any atom is -0.380 e. The molecule has 0 saturated carbocycles. The lowest BCUT2D eigenvalue weighted by molar-refractivity contribution is -0.0305. The average Bonchev–Trinajstić information content (AvgIpc) is 2.45. The Bertz CT molecular complexity index is 235. The van der Waals surface area contributed by atoms with Gasteiger partial charge in [0.1, 0.15) is 0 Å². The molecule has 0 aliphatic carbocycles. The van der Waals surface area contributed by atoms with Crippen LogP contribution in [0.3, 0.4) is 0 Å². The van der Waals surface area contributed by atoms with Crippen molar-refractivity contribution in [1.82, 2.24) is 10.2 Å². The fourth-order valence-electron chi connectivity index (χ4n) is 3.52. The lowest BCUT2D eigenvalue weighted by atomic mass is 9.93. The summed E-state index contributed by atoms with van der Waals surface area (Å²) in [6.07, 6.45) is 7.85. The van der Waals surface area contributed by atoms with Crippen LogP contribution in [0.25, 0.3) is 0 Å². The van der Waals surface area contributed by atoms with Gasteiger partial charge < -0.3 is 10.1 Å². The Balaban J connectivity index is 1.97. The SMILES string of the molecule is CCCNC1CCOCC1N1CCCCC1CC. The van der Waals surface area contributed by atoms with Gasteiger partial charge in [0.15, 0.2) is 0 Å². The van der Waals surface area contributed by atoms with Crippen molar-refractivity contribution in [3.8, 4) is 0 Å². The quantitative estimate of drug-likeness (QED) is 0.815. The monoisotopic (exact) mass is 254 g/mol. The Morgan fingerprint density at radius 1 is 1.22 bits per heavy atom. The highest BCUT2D eigenvalue weighted by atomic mass is 16.5. The van der Waals surface area contributed by atoms with Crippen molar-refractivity contribution in [2.45, 2.75) is 70.5 Å². The van der Waals surface area contributed by atoms with Crippen molar-refractivity contribution >= 4 is 0 Å². The number of hydrogen-bond donors (Lipinski definition) is 1. The summed E-state index contributed by atoms with van der Waals surface area (Å²) < 4.78 is 5.76. The predicted octanol–water partition coefficient (Wildman–Crippen LogP) is 2.41. The number of likely N-dealkylation sites (tertiary alicyclic amines) is 1.